The largest absolute Gasteiger partial charge is 0.493 e. The van der Waals surface area contributed by atoms with Crippen molar-refractivity contribution in [1.82, 2.24) is 4.90 Å². The van der Waals surface area contributed by atoms with E-state index in [4.69, 9.17) is 24.1 Å². The van der Waals surface area contributed by atoms with Crippen molar-refractivity contribution in [2.75, 3.05) is 54.7 Å². The minimum atomic E-state index is -0.371. The molecule has 0 aromatic heterocycles. The molecule has 0 unspecified atom stereocenters. The molecule has 1 aromatic rings. The van der Waals surface area contributed by atoms with Gasteiger partial charge < -0.3 is 29.0 Å². The number of carbonyl (C=O) groups is 1. The number of unbranched alkanes of at least 4 members (excludes halogenated alkanes) is 4. The van der Waals surface area contributed by atoms with Gasteiger partial charge >= 0.3 is 5.97 Å². The van der Waals surface area contributed by atoms with E-state index in [0.29, 0.717) is 23.9 Å². The highest BCUT2D eigenvalue weighted by molar-refractivity contribution is 5.87. The van der Waals surface area contributed by atoms with Crippen LogP contribution in [0.25, 0.3) is 6.08 Å². The van der Waals surface area contributed by atoms with Crippen LogP contribution in [0.5, 0.6) is 17.2 Å². The molecule has 0 heterocycles. The summed E-state index contributed by atoms with van der Waals surface area (Å²) in [5.41, 5.74) is 0.753. The van der Waals surface area contributed by atoms with Gasteiger partial charge in [0, 0.05) is 12.7 Å². The lowest BCUT2D eigenvalue weighted by Crippen LogP contribution is -2.21. The second kappa shape index (κ2) is 15.6. The molecular formula is C23H37NO6. The van der Waals surface area contributed by atoms with E-state index < -0.39 is 0 Å². The molecule has 170 valence electrons. The van der Waals surface area contributed by atoms with Crippen LogP contribution in [-0.4, -0.2) is 70.7 Å². The van der Waals surface area contributed by atoms with Crippen molar-refractivity contribution < 1.29 is 28.8 Å². The van der Waals surface area contributed by atoms with E-state index in [2.05, 4.69) is 11.9 Å². The number of carbonyl (C=O) groups excluding carboxylic acids is 1. The quantitative estimate of drug-likeness (QED) is 0.248. The fourth-order valence-corrected chi connectivity index (χ4v) is 3.03. The summed E-state index contributed by atoms with van der Waals surface area (Å²) in [6, 6.07) is 3.54. The predicted molar refractivity (Wildman–Crippen MR) is 118 cm³/mol. The fourth-order valence-electron chi connectivity index (χ4n) is 3.03. The normalized spacial score (nSPS) is 11.1. The number of methoxy groups -OCH3 is 3. The first-order chi connectivity index (χ1) is 14.5. The molecular weight excluding hydrogens is 386 g/mol. The lowest BCUT2D eigenvalue weighted by atomic mass is 10.1. The molecule has 1 aromatic carbocycles. The van der Waals surface area contributed by atoms with Crippen molar-refractivity contribution >= 4 is 12.0 Å². The van der Waals surface area contributed by atoms with E-state index in [1.165, 1.54) is 6.08 Å². The summed E-state index contributed by atoms with van der Waals surface area (Å²) < 4.78 is 21.2. The first-order valence-electron chi connectivity index (χ1n) is 10.5. The standard InChI is InChI=1S/C23H37NO6/c1-24(13-7-5-9-15-25)14-8-6-10-16-30-22(26)12-11-19-17-20(27-2)23(29-4)21(18-19)28-3/h11-12,17-18,25H,5-10,13-16H2,1-4H3/b12-11+. The highest BCUT2D eigenvalue weighted by Crippen LogP contribution is 2.38. The van der Waals surface area contributed by atoms with Crippen LogP contribution in [-0.2, 0) is 9.53 Å². The van der Waals surface area contributed by atoms with Gasteiger partial charge in [0.2, 0.25) is 5.75 Å². The summed E-state index contributed by atoms with van der Waals surface area (Å²) >= 11 is 0. The molecule has 0 aliphatic carbocycles. The Morgan fingerprint density at radius 2 is 1.53 bits per heavy atom. The molecule has 0 fully saturated rings. The second-order valence-electron chi connectivity index (χ2n) is 7.11. The summed E-state index contributed by atoms with van der Waals surface area (Å²) in [4.78, 5) is 14.2. The van der Waals surface area contributed by atoms with Gasteiger partial charge in [-0.05, 0) is 82.4 Å². The summed E-state index contributed by atoms with van der Waals surface area (Å²) in [6.45, 7) is 2.79. The zero-order chi connectivity index (χ0) is 22.2. The Labute approximate surface area is 180 Å². The van der Waals surface area contributed by atoms with E-state index in [1.807, 2.05) is 0 Å². The molecule has 0 saturated heterocycles. The number of aliphatic hydroxyl groups is 1. The molecule has 7 heteroatoms. The highest BCUT2D eigenvalue weighted by Gasteiger charge is 2.12. The smallest absolute Gasteiger partial charge is 0.330 e. The minimum Gasteiger partial charge on any atom is -0.493 e. The molecule has 1 rings (SSSR count). The lowest BCUT2D eigenvalue weighted by Gasteiger charge is -2.16. The number of hydrogen-bond donors (Lipinski definition) is 1. The SMILES string of the molecule is COc1cc(/C=C/C(=O)OCCCCCN(C)CCCCCO)cc(OC)c1OC. The molecule has 0 saturated carbocycles. The molecule has 0 bridgehead atoms. The Bertz CT molecular complexity index is 622. The maximum atomic E-state index is 11.9. The zero-order valence-corrected chi connectivity index (χ0v) is 18.8. The van der Waals surface area contributed by atoms with E-state index in [9.17, 15) is 4.79 Å². The highest BCUT2D eigenvalue weighted by atomic mass is 16.5. The molecule has 1 N–H and O–H groups in total. The monoisotopic (exact) mass is 423 g/mol. The maximum Gasteiger partial charge on any atom is 0.330 e. The Balaban J connectivity index is 2.29. The van der Waals surface area contributed by atoms with Crippen LogP contribution in [0.15, 0.2) is 18.2 Å². The van der Waals surface area contributed by atoms with E-state index in [0.717, 1.165) is 57.2 Å². The van der Waals surface area contributed by atoms with Gasteiger partial charge in [-0.1, -0.05) is 0 Å². The summed E-state index contributed by atoms with van der Waals surface area (Å²) in [5.74, 6) is 1.20. The fraction of sp³-hybridized carbons (Fsp3) is 0.609. The number of rotatable bonds is 16. The van der Waals surface area contributed by atoms with E-state index in [-0.39, 0.29) is 12.6 Å². The molecule has 7 nitrogen and oxygen atoms in total. The number of hydrogen-bond acceptors (Lipinski definition) is 7. The van der Waals surface area contributed by atoms with Crippen LogP contribution >= 0.6 is 0 Å². The van der Waals surface area contributed by atoms with Gasteiger partial charge in [0.1, 0.15) is 0 Å². The van der Waals surface area contributed by atoms with Gasteiger partial charge in [-0.3, -0.25) is 0 Å². The number of esters is 1. The van der Waals surface area contributed by atoms with Crippen LogP contribution < -0.4 is 14.2 Å². The van der Waals surface area contributed by atoms with Gasteiger partial charge in [-0.2, -0.15) is 0 Å². The summed E-state index contributed by atoms with van der Waals surface area (Å²) in [5, 5.41) is 8.78. The third-order valence-electron chi connectivity index (χ3n) is 4.73. The summed E-state index contributed by atoms with van der Waals surface area (Å²) in [6.07, 6.45) is 9.09. The molecule has 0 amide bonds. The van der Waals surface area contributed by atoms with Gasteiger partial charge in [-0.25, -0.2) is 4.79 Å². The lowest BCUT2D eigenvalue weighted by molar-refractivity contribution is -0.137. The molecule has 0 radical (unpaired) electrons. The molecule has 0 aliphatic rings. The van der Waals surface area contributed by atoms with Gasteiger partial charge in [0.25, 0.3) is 0 Å². The van der Waals surface area contributed by atoms with E-state index >= 15 is 0 Å². The average Bonchev–Trinajstić information content (AvgIpc) is 2.76. The van der Waals surface area contributed by atoms with Crippen LogP contribution in [0.1, 0.15) is 44.1 Å². The molecule has 0 aliphatic heterocycles. The Kier molecular flexibility index (Phi) is 13.4. The number of nitrogens with zero attached hydrogens (tertiary/aromatic N) is 1. The van der Waals surface area contributed by atoms with Gasteiger partial charge in [-0.15, -0.1) is 0 Å². The zero-order valence-electron chi connectivity index (χ0n) is 18.8. The number of aliphatic hydroxyl groups excluding tert-OH is 1. The van der Waals surface area contributed by atoms with Crippen molar-refractivity contribution in [2.45, 2.75) is 38.5 Å². The van der Waals surface area contributed by atoms with E-state index in [1.54, 1.807) is 39.5 Å². The summed E-state index contributed by atoms with van der Waals surface area (Å²) in [7, 11) is 6.76. The molecule has 0 spiro atoms. The van der Waals surface area contributed by atoms with Crippen molar-refractivity contribution in [3.8, 4) is 17.2 Å². The number of ether oxygens (including phenoxy) is 4. The predicted octanol–water partition coefficient (Wildman–Crippen LogP) is 3.53. The molecule has 0 atom stereocenters. The van der Waals surface area contributed by atoms with Crippen LogP contribution in [0.2, 0.25) is 0 Å². The minimum absolute atomic E-state index is 0.278. The third-order valence-corrected chi connectivity index (χ3v) is 4.73. The topological polar surface area (TPSA) is 77.5 Å². The first kappa shape index (κ1) is 25.8. The van der Waals surface area contributed by atoms with Gasteiger partial charge in [0.05, 0.1) is 27.9 Å². The van der Waals surface area contributed by atoms with Crippen LogP contribution in [0.4, 0.5) is 0 Å². The van der Waals surface area contributed by atoms with Crippen LogP contribution in [0.3, 0.4) is 0 Å². The third kappa shape index (κ3) is 9.98. The second-order valence-corrected chi connectivity index (χ2v) is 7.11. The average molecular weight is 424 g/mol. The van der Waals surface area contributed by atoms with Crippen molar-refractivity contribution in [1.29, 1.82) is 0 Å². The van der Waals surface area contributed by atoms with Crippen molar-refractivity contribution in [2.24, 2.45) is 0 Å². The Morgan fingerprint density at radius 1 is 0.933 bits per heavy atom. The number of benzene rings is 1. The first-order valence-corrected chi connectivity index (χ1v) is 10.5. The van der Waals surface area contributed by atoms with Crippen molar-refractivity contribution in [3.05, 3.63) is 23.8 Å². The van der Waals surface area contributed by atoms with Crippen molar-refractivity contribution in [3.63, 3.8) is 0 Å². The Hall–Kier alpha value is -2.25. The maximum absolute atomic E-state index is 11.9. The molecule has 30 heavy (non-hydrogen) atoms. The van der Waals surface area contributed by atoms with Gasteiger partial charge in [0.15, 0.2) is 11.5 Å². The Morgan fingerprint density at radius 3 is 2.07 bits per heavy atom. The van der Waals surface area contributed by atoms with Crippen LogP contribution in [0, 0.1) is 0 Å².